The van der Waals surface area contributed by atoms with Crippen molar-refractivity contribution >= 4 is 31.2 Å². The van der Waals surface area contributed by atoms with Crippen molar-refractivity contribution in [2.45, 2.75) is 155 Å². The van der Waals surface area contributed by atoms with Crippen molar-refractivity contribution < 1.29 is 18.1 Å². The standard InChI is InChI=1S/C27H58O4Si3/c1-21(20-28)18-23(30-33(14,15)26(6,7)8)24(31-34(16,17)27(9,10)11)19-22(2)29-32(12,13)25(3,4)5/h18,20,22-24H,19H2,1-17H3/t22-,23+,24+/m1/s1. The van der Waals surface area contributed by atoms with Crippen LogP contribution in [0.15, 0.2) is 11.6 Å². The van der Waals surface area contributed by atoms with E-state index >= 15 is 0 Å². The minimum absolute atomic E-state index is 0.0334. The van der Waals surface area contributed by atoms with E-state index in [0.29, 0.717) is 5.57 Å². The van der Waals surface area contributed by atoms with Gasteiger partial charge in [0.25, 0.3) is 0 Å². The van der Waals surface area contributed by atoms with Gasteiger partial charge in [-0.1, -0.05) is 62.3 Å². The second-order valence-corrected chi connectivity index (χ2v) is 29.0. The molecule has 0 radical (unpaired) electrons. The number of aldehydes is 1. The topological polar surface area (TPSA) is 44.8 Å². The van der Waals surface area contributed by atoms with Gasteiger partial charge in [-0.15, -0.1) is 0 Å². The Morgan fingerprint density at radius 1 is 0.706 bits per heavy atom. The minimum Gasteiger partial charge on any atom is -0.414 e. The zero-order valence-electron chi connectivity index (χ0n) is 25.7. The molecule has 202 valence electrons. The zero-order chi connectivity index (χ0) is 27.6. The summed E-state index contributed by atoms with van der Waals surface area (Å²) < 4.78 is 20.8. The zero-order valence-corrected chi connectivity index (χ0v) is 28.7. The van der Waals surface area contributed by atoms with Crippen LogP contribution in [0.3, 0.4) is 0 Å². The first-order valence-electron chi connectivity index (χ1n) is 12.9. The summed E-state index contributed by atoms with van der Waals surface area (Å²) >= 11 is 0. The highest BCUT2D eigenvalue weighted by molar-refractivity contribution is 6.75. The number of rotatable bonds is 11. The van der Waals surface area contributed by atoms with E-state index in [1.165, 1.54) is 0 Å². The smallest absolute Gasteiger partial charge is 0.193 e. The van der Waals surface area contributed by atoms with E-state index in [-0.39, 0.29) is 33.4 Å². The van der Waals surface area contributed by atoms with Crippen LogP contribution < -0.4 is 0 Å². The summed E-state index contributed by atoms with van der Waals surface area (Å²) in [6.07, 6.45) is 3.22. The van der Waals surface area contributed by atoms with Crippen molar-refractivity contribution in [1.82, 2.24) is 0 Å². The molecule has 0 amide bonds. The van der Waals surface area contributed by atoms with Crippen LogP contribution in [0, 0.1) is 0 Å². The summed E-state index contributed by atoms with van der Waals surface area (Å²) in [5.74, 6) is 0. The molecular weight excluding hydrogens is 473 g/mol. The summed E-state index contributed by atoms with van der Waals surface area (Å²) in [7, 11) is -6.15. The first-order valence-corrected chi connectivity index (χ1v) is 21.7. The molecule has 3 atom stereocenters. The fourth-order valence-electron chi connectivity index (χ4n) is 2.89. The maximum atomic E-state index is 11.6. The van der Waals surface area contributed by atoms with Crippen LogP contribution in [0.2, 0.25) is 54.4 Å². The Hall–Kier alpha value is -0.0594. The lowest BCUT2D eigenvalue weighted by Gasteiger charge is -2.46. The highest BCUT2D eigenvalue weighted by Gasteiger charge is 2.45. The Balaban J connectivity index is 6.41. The first kappa shape index (κ1) is 33.9. The second kappa shape index (κ2) is 11.6. The minimum atomic E-state index is -2.12. The molecule has 0 aromatic rings. The van der Waals surface area contributed by atoms with E-state index in [0.717, 1.165) is 12.7 Å². The van der Waals surface area contributed by atoms with Gasteiger partial charge in [0.05, 0.1) is 12.2 Å². The van der Waals surface area contributed by atoms with Crippen LogP contribution in [0.25, 0.3) is 0 Å². The molecule has 0 N–H and O–H groups in total. The third kappa shape index (κ3) is 9.77. The van der Waals surface area contributed by atoms with Crippen molar-refractivity contribution in [1.29, 1.82) is 0 Å². The monoisotopic (exact) mass is 530 g/mol. The van der Waals surface area contributed by atoms with E-state index in [4.69, 9.17) is 13.3 Å². The summed E-state index contributed by atoms with van der Waals surface area (Å²) in [6.45, 7) is 38.1. The first-order chi connectivity index (χ1) is 14.8. The van der Waals surface area contributed by atoms with Crippen molar-refractivity contribution in [2.24, 2.45) is 0 Å². The summed E-state index contributed by atoms with van der Waals surface area (Å²) in [5, 5.41) is 0.265. The average Bonchev–Trinajstić information content (AvgIpc) is 2.56. The van der Waals surface area contributed by atoms with Gasteiger partial charge >= 0.3 is 0 Å². The molecule has 0 aliphatic heterocycles. The normalized spacial score (nSPS) is 18.0. The number of carbonyl (C=O) groups excluding carboxylic acids is 1. The third-order valence-electron chi connectivity index (χ3n) is 8.33. The van der Waals surface area contributed by atoms with Gasteiger partial charge in [-0.2, -0.15) is 0 Å². The molecule has 0 aromatic heterocycles. The van der Waals surface area contributed by atoms with Gasteiger partial charge in [0.1, 0.15) is 6.29 Å². The van der Waals surface area contributed by atoms with Gasteiger partial charge in [0, 0.05) is 6.10 Å². The van der Waals surface area contributed by atoms with Crippen molar-refractivity contribution in [3.63, 3.8) is 0 Å². The molecule has 0 aliphatic carbocycles. The van der Waals surface area contributed by atoms with Crippen LogP contribution in [0.5, 0.6) is 0 Å². The molecule has 0 aliphatic rings. The molecule has 0 spiro atoms. The lowest BCUT2D eigenvalue weighted by atomic mass is 10.1. The van der Waals surface area contributed by atoms with Gasteiger partial charge in [-0.25, -0.2) is 0 Å². The van der Waals surface area contributed by atoms with Crippen LogP contribution in [0.1, 0.15) is 82.6 Å². The van der Waals surface area contributed by atoms with Crippen molar-refractivity contribution in [3.05, 3.63) is 11.6 Å². The largest absolute Gasteiger partial charge is 0.414 e. The predicted octanol–water partition coefficient (Wildman–Crippen LogP) is 8.71. The molecule has 34 heavy (non-hydrogen) atoms. The molecule has 0 rings (SSSR count). The highest BCUT2D eigenvalue weighted by Crippen LogP contribution is 2.42. The van der Waals surface area contributed by atoms with Crippen molar-refractivity contribution in [2.75, 3.05) is 0 Å². The number of hydrogen-bond acceptors (Lipinski definition) is 4. The van der Waals surface area contributed by atoms with Crippen LogP contribution in [0.4, 0.5) is 0 Å². The SMILES string of the molecule is CC(C=O)=C[C@H](O[Si](C)(C)C(C)(C)C)[C@H](C[C@@H](C)O[Si](C)(C)C(C)(C)C)O[Si](C)(C)C(C)(C)C. The average molecular weight is 531 g/mol. The fraction of sp³-hybridized carbons (Fsp3) is 0.889. The Labute approximate surface area is 216 Å². The van der Waals surface area contributed by atoms with E-state index in [1.807, 2.05) is 13.0 Å². The second-order valence-electron chi connectivity index (χ2n) is 14.7. The molecule has 0 unspecified atom stereocenters. The van der Waals surface area contributed by atoms with Crippen LogP contribution in [-0.2, 0) is 18.1 Å². The highest BCUT2D eigenvalue weighted by atomic mass is 28.4. The van der Waals surface area contributed by atoms with Gasteiger partial charge in [-0.05, 0) is 86.3 Å². The van der Waals surface area contributed by atoms with Gasteiger partial charge in [-0.3, -0.25) is 4.79 Å². The molecule has 7 heteroatoms. The molecule has 0 heterocycles. The Morgan fingerprint density at radius 2 is 1.06 bits per heavy atom. The van der Waals surface area contributed by atoms with E-state index in [1.54, 1.807) is 0 Å². The Kier molecular flexibility index (Phi) is 11.5. The summed E-state index contributed by atoms with van der Waals surface area (Å²) in [6, 6.07) is 0. The van der Waals surface area contributed by atoms with Crippen LogP contribution in [-0.4, -0.2) is 49.6 Å². The molecular formula is C27H58O4Si3. The van der Waals surface area contributed by atoms with Crippen LogP contribution >= 0.6 is 0 Å². The number of hydrogen-bond donors (Lipinski definition) is 0. The fourth-order valence-corrected chi connectivity index (χ4v) is 6.94. The third-order valence-corrected chi connectivity index (χ3v) is 21.9. The predicted molar refractivity (Wildman–Crippen MR) is 156 cm³/mol. The lowest BCUT2D eigenvalue weighted by Crippen LogP contribution is -2.53. The molecule has 0 bridgehead atoms. The Bertz CT molecular complexity index is 692. The molecule has 4 nitrogen and oxygen atoms in total. The molecule has 0 saturated heterocycles. The van der Waals surface area contributed by atoms with E-state index < -0.39 is 25.0 Å². The molecule has 0 aromatic carbocycles. The number of carbonyl (C=O) groups is 1. The van der Waals surface area contributed by atoms with Crippen molar-refractivity contribution in [3.8, 4) is 0 Å². The van der Waals surface area contributed by atoms with E-state index in [2.05, 4.69) is 109 Å². The maximum Gasteiger partial charge on any atom is 0.193 e. The lowest BCUT2D eigenvalue weighted by molar-refractivity contribution is -0.104. The quantitative estimate of drug-likeness (QED) is 0.152. The molecule has 0 fully saturated rings. The number of allylic oxidation sites excluding steroid dienone is 1. The Morgan fingerprint density at radius 3 is 1.41 bits per heavy atom. The van der Waals surface area contributed by atoms with Gasteiger partial charge in [0.2, 0.25) is 0 Å². The van der Waals surface area contributed by atoms with E-state index in [9.17, 15) is 4.79 Å². The van der Waals surface area contributed by atoms with Gasteiger partial charge < -0.3 is 13.3 Å². The molecule has 0 saturated carbocycles. The summed E-state index contributed by atoms with van der Waals surface area (Å²) in [5.41, 5.74) is 0.686. The summed E-state index contributed by atoms with van der Waals surface area (Å²) in [4.78, 5) is 11.6. The maximum absolute atomic E-state index is 11.6. The van der Waals surface area contributed by atoms with Gasteiger partial charge in [0.15, 0.2) is 25.0 Å².